The lowest BCUT2D eigenvalue weighted by molar-refractivity contribution is 0.00578. The minimum absolute atomic E-state index is 0.0459. The first kappa shape index (κ1) is 24.2. The van der Waals surface area contributed by atoms with Crippen molar-refractivity contribution in [2.45, 2.75) is 82.6 Å². The number of aromatic amines is 1. The van der Waals surface area contributed by atoms with E-state index in [-0.39, 0.29) is 29.4 Å². The van der Waals surface area contributed by atoms with Crippen molar-refractivity contribution in [2.24, 2.45) is 11.7 Å². The molecule has 6 rings (SSSR count). The van der Waals surface area contributed by atoms with E-state index in [1.165, 1.54) is 28.7 Å². The van der Waals surface area contributed by atoms with Crippen molar-refractivity contribution in [1.29, 1.82) is 0 Å². The zero-order valence-electron chi connectivity index (χ0n) is 21.9. The average Bonchev–Trinajstić information content (AvgIpc) is 3.51. The molecule has 2 fully saturated rings. The molecule has 5 nitrogen and oxygen atoms in total. The SMILES string of the molecule is CC1CCCC(N)C1([Si])c1ncc(-c2ccc3c(c2)Cc2cc(B4OC(C)(C)C(C)(C)O4)ccc2-3)[nH]1. The predicted molar refractivity (Wildman–Crippen MR) is 146 cm³/mol. The zero-order valence-corrected chi connectivity index (χ0v) is 22.9. The summed E-state index contributed by atoms with van der Waals surface area (Å²) in [6, 6.07) is 13.4. The lowest BCUT2D eigenvalue weighted by atomic mass is 9.75. The van der Waals surface area contributed by atoms with Crippen LogP contribution < -0.4 is 11.2 Å². The Kier molecular flexibility index (Phi) is 5.47. The van der Waals surface area contributed by atoms with Crippen molar-refractivity contribution >= 4 is 22.8 Å². The molecule has 0 bridgehead atoms. The standard InChI is InChI=1S/C29H35BN3O2Si/c1-17-7-6-8-25(31)29(17,36)26-32-16-24(33-26)18-9-11-22-19(13-18)14-20-15-21(10-12-23(20)22)30-34-27(2,3)28(4,5)35-30/h9-13,15-17,25H,6-8,14,31H2,1-5H3,(H,32,33). The maximum absolute atomic E-state index is 6.57. The number of benzene rings is 2. The maximum Gasteiger partial charge on any atom is 0.494 e. The average molecular weight is 497 g/mol. The maximum atomic E-state index is 6.57. The van der Waals surface area contributed by atoms with Gasteiger partial charge >= 0.3 is 7.12 Å². The van der Waals surface area contributed by atoms with Crippen LogP contribution in [0.25, 0.3) is 22.4 Å². The molecule has 3 aliphatic rings. The lowest BCUT2D eigenvalue weighted by Gasteiger charge is -2.43. The van der Waals surface area contributed by atoms with Crippen LogP contribution in [0, 0.1) is 5.92 Å². The number of hydrogen-bond donors (Lipinski definition) is 2. The molecule has 2 aromatic carbocycles. The molecule has 36 heavy (non-hydrogen) atoms. The topological polar surface area (TPSA) is 73.2 Å². The molecule has 3 aromatic rings. The van der Waals surface area contributed by atoms with E-state index in [2.05, 4.69) is 86.2 Å². The van der Waals surface area contributed by atoms with Gasteiger partial charge in [0.2, 0.25) is 0 Å². The van der Waals surface area contributed by atoms with Crippen LogP contribution in [-0.2, 0) is 20.8 Å². The van der Waals surface area contributed by atoms with E-state index in [0.29, 0.717) is 5.92 Å². The Morgan fingerprint density at radius 2 is 1.67 bits per heavy atom. The first-order valence-electron chi connectivity index (χ1n) is 13.2. The second-order valence-corrected chi connectivity index (χ2v) is 12.8. The molecule has 1 saturated heterocycles. The highest BCUT2D eigenvalue weighted by molar-refractivity contribution is 6.62. The molecule has 7 heteroatoms. The normalized spacial score (nSPS) is 28.2. The van der Waals surface area contributed by atoms with Crippen LogP contribution in [-0.4, -0.2) is 44.6 Å². The highest BCUT2D eigenvalue weighted by Gasteiger charge is 2.52. The first-order valence-corrected chi connectivity index (χ1v) is 13.7. The summed E-state index contributed by atoms with van der Waals surface area (Å²) < 4.78 is 12.6. The van der Waals surface area contributed by atoms with E-state index >= 15 is 0 Å². The van der Waals surface area contributed by atoms with Gasteiger partial charge in [-0.05, 0) is 92.2 Å². The summed E-state index contributed by atoms with van der Waals surface area (Å²) in [4.78, 5) is 8.39. The Labute approximate surface area is 218 Å². The summed E-state index contributed by atoms with van der Waals surface area (Å²) >= 11 is 0. The number of H-pyrrole nitrogens is 1. The van der Waals surface area contributed by atoms with Crippen molar-refractivity contribution in [1.82, 2.24) is 9.97 Å². The Morgan fingerprint density at radius 1 is 1.00 bits per heavy atom. The van der Waals surface area contributed by atoms with E-state index < -0.39 is 0 Å². The van der Waals surface area contributed by atoms with Crippen LogP contribution in [0.1, 0.15) is 70.8 Å². The van der Waals surface area contributed by atoms with Crippen molar-refractivity contribution < 1.29 is 9.31 Å². The van der Waals surface area contributed by atoms with Crippen molar-refractivity contribution in [3.8, 4) is 22.4 Å². The van der Waals surface area contributed by atoms with Crippen LogP contribution in [0.3, 0.4) is 0 Å². The van der Waals surface area contributed by atoms with Gasteiger partial charge in [0.1, 0.15) is 5.82 Å². The monoisotopic (exact) mass is 496 g/mol. The highest BCUT2D eigenvalue weighted by Crippen LogP contribution is 2.42. The Morgan fingerprint density at radius 3 is 2.36 bits per heavy atom. The van der Waals surface area contributed by atoms with Crippen molar-refractivity contribution in [2.75, 3.05) is 0 Å². The summed E-state index contributed by atoms with van der Waals surface area (Å²) in [6.45, 7) is 10.6. The fourth-order valence-corrected chi connectivity index (χ4v) is 6.49. The van der Waals surface area contributed by atoms with Gasteiger partial charge in [-0.3, -0.25) is 0 Å². The molecule has 2 aliphatic carbocycles. The van der Waals surface area contributed by atoms with E-state index in [4.69, 9.17) is 20.0 Å². The number of nitrogens with one attached hydrogen (secondary N) is 1. The second kappa shape index (κ2) is 8.15. The van der Waals surface area contributed by atoms with Crippen LogP contribution in [0.4, 0.5) is 0 Å². The third-order valence-corrected chi connectivity index (χ3v) is 10.3. The molecule has 0 spiro atoms. The molecule has 3 radical (unpaired) electrons. The quantitative estimate of drug-likeness (QED) is 0.411. The molecular weight excluding hydrogens is 461 g/mol. The fourth-order valence-electron chi connectivity index (χ4n) is 6.08. The first-order chi connectivity index (χ1) is 17.0. The smallest absolute Gasteiger partial charge is 0.399 e. The van der Waals surface area contributed by atoms with Crippen LogP contribution >= 0.6 is 0 Å². The molecule has 1 aliphatic heterocycles. The Hall–Kier alpha value is -2.19. The van der Waals surface area contributed by atoms with Gasteiger partial charge in [0.25, 0.3) is 0 Å². The number of hydrogen-bond acceptors (Lipinski definition) is 4. The van der Waals surface area contributed by atoms with Crippen molar-refractivity contribution in [3.05, 3.63) is 59.5 Å². The Bertz CT molecular complexity index is 1310. The second-order valence-electron chi connectivity index (χ2n) is 12.0. The number of fused-ring (bicyclic) bond motifs is 3. The predicted octanol–water partition coefficient (Wildman–Crippen LogP) is 4.46. The minimum atomic E-state index is -0.343. The summed E-state index contributed by atoms with van der Waals surface area (Å²) in [6.07, 6.45) is 6.18. The van der Waals surface area contributed by atoms with Gasteiger partial charge in [0.15, 0.2) is 0 Å². The van der Waals surface area contributed by atoms with Gasteiger partial charge in [-0.2, -0.15) is 0 Å². The number of nitrogens with zero attached hydrogens (tertiary/aromatic N) is 1. The van der Waals surface area contributed by atoms with Crippen LogP contribution in [0.5, 0.6) is 0 Å². The summed E-state index contributed by atoms with van der Waals surface area (Å²) in [5.41, 5.74) is 14.4. The van der Waals surface area contributed by atoms with Gasteiger partial charge in [0, 0.05) is 21.3 Å². The molecule has 0 amide bonds. The summed E-state index contributed by atoms with van der Waals surface area (Å²) in [5, 5.41) is -0.312. The van der Waals surface area contributed by atoms with E-state index in [9.17, 15) is 0 Å². The third kappa shape index (κ3) is 3.58. The number of rotatable bonds is 3. The van der Waals surface area contributed by atoms with Gasteiger partial charge in [-0.1, -0.05) is 43.7 Å². The van der Waals surface area contributed by atoms with Gasteiger partial charge < -0.3 is 20.0 Å². The molecule has 2 heterocycles. The zero-order chi connectivity index (χ0) is 25.5. The third-order valence-electron chi connectivity index (χ3n) is 9.22. The number of aromatic nitrogens is 2. The van der Waals surface area contributed by atoms with E-state index in [0.717, 1.165) is 41.8 Å². The lowest BCUT2D eigenvalue weighted by Crippen LogP contribution is -2.53. The summed E-state index contributed by atoms with van der Waals surface area (Å²) in [7, 11) is 3.72. The summed E-state index contributed by atoms with van der Waals surface area (Å²) in [5.74, 6) is 1.36. The molecule has 185 valence electrons. The van der Waals surface area contributed by atoms with E-state index in [1.54, 1.807) is 0 Å². The molecule has 3 N–H and O–H groups in total. The molecule has 3 atom stereocenters. The van der Waals surface area contributed by atoms with Gasteiger partial charge in [0.05, 0.1) is 23.1 Å². The highest BCUT2D eigenvalue weighted by atomic mass is 28.1. The Balaban J connectivity index is 1.26. The van der Waals surface area contributed by atoms with Gasteiger partial charge in [-0.15, -0.1) is 0 Å². The number of imidazole rings is 1. The largest absolute Gasteiger partial charge is 0.494 e. The minimum Gasteiger partial charge on any atom is -0.399 e. The molecular formula is C29H35BN3O2Si. The van der Waals surface area contributed by atoms with Crippen molar-refractivity contribution in [3.63, 3.8) is 0 Å². The van der Waals surface area contributed by atoms with Gasteiger partial charge in [-0.25, -0.2) is 4.98 Å². The molecule has 1 saturated carbocycles. The fraction of sp³-hybridized carbons (Fsp3) is 0.483. The number of nitrogens with two attached hydrogens (primary N) is 1. The molecule has 3 unspecified atom stereocenters. The molecule has 1 aromatic heterocycles. The van der Waals surface area contributed by atoms with Crippen LogP contribution in [0.15, 0.2) is 42.6 Å². The van der Waals surface area contributed by atoms with E-state index in [1.807, 2.05) is 6.20 Å². The van der Waals surface area contributed by atoms with Crippen LogP contribution in [0.2, 0.25) is 0 Å².